The van der Waals surface area contributed by atoms with E-state index < -0.39 is 24.5 Å². The highest BCUT2D eigenvalue weighted by Gasteiger charge is 2.29. The Kier molecular flexibility index (Phi) is 6.53. The summed E-state index contributed by atoms with van der Waals surface area (Å²) in [5.74, 6) is -0.914. The second-order valence-electron chi connectivity index (χ2n) is 7.10. The van der Waals surface area contributed by atoms with Crippen LogP contribution in [-0.2, 0) is 38.3 Å². The lowest BCUT2D eigenvalue weighted by atomic mass is 9.88. The van der Waals surface area contributed by atoms with E-state index in [0.29, 0.717) is 22.0 Å². The van der Waals surface area contributed by atoms with Gasteiger partial charge in [0.05, 0.1) is 19.1 Å². The first-order valence-electron chi connectivity index (χ1n) is 9.33. The molecule has 0 bridgehead atoms. The monoisotopic (exact) mass is 417 g/mol. The van der Waals surface area contributed by atoms with Gasteiger partial charge < -0.3 is 19.9 Å². The van der Waals surface area contributed by atoms with Gasteiger partial charge in [-0.25, -0.2) is 4.79 Å². The lowest BCUT2D eigenvalue weighted by Gasteiger charge is -2.18. The highest BCUT2D eigenvalue weighted by Crippen LogP contribution is 2.40. The summed E-state index contributed by atoms with van der Waals surface area (Å²) in [7, 11) is 1.31. The van der Waals surface area contributed by atoms with E-state index in [1.165, 1.54) is 30.6 Å². The van der Waals surface area contributed by atoms with E-state index in [1.54, 1.807) is 12.1 Å². The Balaban J connectivity index is 1.62. The van der Waals surface area contributed by atoms with Gasteiger partial charge in [0.15, 0.2) is 6.61 Å². The largest absolute Gasteiger partial charge is 0.508 e. The first-order valence-corrected chi connectivity index (χ1v) is 10.1. The zero-order valence-corrected chi connectivity index (χ0v) is 17.1. The number of ether oxygens (including phenoxy) is 2. The molecular formula is C21H23NO6S. The Hall–Kier alpha value is -2.87. The van der Waals surface area contributed by atoms with Crippen molar-refractivity contribution in [2.75, 3.05) is 19.0 Å². The van der Waals surface area contributed by atoms with Crippen LogP contribution in [-0.4, -0.2) is 36.7 Å². The van der Waals surface area contributed by atoms with E-state index in [4.69, 9.17) is 9.47 Å². The van der Waals surface area contributed by atoms with Gasteiger partial charge in [-0.3, -0.25) is 9.59 Å². The fourth-order valence-electron chi connectivity index (χ4n) is 3.30. The van der Waals surface area contributed by atoms with Gasteiger partial charge in [-0.2, -0.15) is 0 Å². The zero-order chi connectivity index (χ0) is 21.0. The van der Waals surface area contributed by atoms with Gasteiger partial charge in [0.25, 0.3) is 5.91 Å². The number of aromatic hydroxyl groups is 1. The van der Waals surface area contributed by atoms with Crippen molar-refractivity contribution in [3.63, 3.8) is 0 Å². The van der Waals surface area contributed by atoms with E-state index in [9.17, 15) is 19.5 Å². The summed E-state index contributed by atoms with van der Waals surface area (Å²) in [6.07, 6.45) is 2.61. The number of phenolic OH excluding ortho intramolecular Hbond substituents is 1. The van der Waals surface area contributed by atoms with Crippen molar-refractivity contribution in [2.45, 2.75) is 32.6 Å². The van der Waals surface area contributed by atoms with E-state index in [2.05, 4.69) is 12.2 Å². The van der Waals surface area contributed by atoms with Crippen LogP contribution in [0.25, 0.3) is 0 Å². The second kappa shape index (κ2) is 9.09. The Morgan fingerprint density at radius 2 is 1.97 bits per heavy atom. The SMILES string of the molecule is COC(=O)c1c(NC(=O)COC(=O)Cc2ccc(O)cc2)sc2c1CC[C@H](C)C2. The molecule has 154 valence electrons. The molecule has 3 rings (SSSR count). The summed E-state index contributed by atoms with van der Waals surface area (Å²) in [5, 5.41) is 12.4. The molecular weight excluding hydrogens is 394 g/mol. The molecule has 29 heavy (non-hydrogen) atoms. The Morgan fingerprint density at radius 3 is 2.66 bits per heavy atom. The minimum atomic E-state index is -0.557. The maximum absolute atomic E-state index is 12.3. The van der Waals surface area contributed by atoms with Gasteiger partial charge >= 0.3 is 11.9 Å². The zero-order valence-electron chi connectivity index (χ0n) is 16.3. The number of carbonyl (C=O) groups excluding carboxylic acids is 3. The van der Waals surface area contributed by atoms with E-state index in [-0.39, 0.29) is 12.2 Å². The van der Waals surface area contributed by atoms with E-state index in [0.717, 1.165) is 29.7 Å². The molecule has 1 aromatic carbocycles. The molecule has 0 unspecified atom stereocenters. The average molecular weight is 417 g/mol. The van der Waals surface area contributed by atoms with Crippen molar-refractivity contribution in [2.24, 2.45) is 5.92 Å². The average Bonchev–Trinajstić information content (AvgIpc) is 3.04. The number of benzene rings is 1. The fourth-order valence-corrected chi connectivity index (χ4v) is 4.71. The number of rotatable bonds is 6. The summed E-state index contributed by atoms with van der Waals surface area (Å²) >= 11 is 1.38. The molecule has 7 nitrogen and oxygen atoms in total. The minimum Gasteiger partial charge on any atom is -0.508 e. The van der Waals surface area contributed by atoms with Crippen molar-refractivity contribution in [3.8, 4) is 5.75 Å². The van der Waals surface area contributed by atoms with Gasteiger partial charge in [-0.15, -0.1) is 11.3 Å². The van der Waals surface area contributed by atoms with Crippen molar-refractivity contribution in [1.82, 2.24) is 0 Å². The van der Waals surface area contributed by atoms with Gasteiger partial charge in [-0.05, 0) is 48.4 Å². The van der Waals surface area contributed by atoms with Crippen molar-refractivity contribution < 1.29 is 29.0 Å². The highest BCUT2D eigenvalue weighted by atomic mass is 32.1. The van der Waals surface area contributed by atoms with Crippen LogP contribution in [0.3, 0.4) is 0 Å². The standard InChI is InChI=1S/C21H23NO6S/c1-12-3-8-15-16(9-12)29-20(19(15)21(26)27-2)22-17(24)11-28-18(25)10-13-4-6-14(23)7-5-13/h4-7,12,23H,3,8-11H2,1-2H3,(H,22,24)/t12-/m0/s1. The summed E-state index contributed by atoms with van der Waals surface area (Å²) in [4.78, 5) is 37.6. The van der Waals surface area contributed by atoms with Crippen LogP contribution >= 0.6 is 11.3 Å². The van der Waals surface area contributed by atoms with Crippen LogP contribution in [0.1, 0.15) is 39.7 Å². The summed E-state index contributed by atoms with van der Waals surface area (Å²) < 4.78 is 9.93. The molecule has 1 heterocycles. The molecule has 1 aliphatic rings. The first-order chi connectivity index (χ1) is 13.9. The molecule has 8 heteroatoms. The summed E-state index contributed by atoms with van der Waals surface area (Å²) in [6, 6.07) is 6.17. The topological polar surface area (TPSA) is 102 Å². The number of thiophene rings is 1. The Bertz CT molecular complexity index is 918. The molecule has 1 atom stereocenters. The molecule has 0 radical (unpaired) electrons. The van der Waals surface area contributed by atoms with Crippen molar-refractivity contribution >= 4 is 34.2 Å². The third-order valence-corrected chi connectivity index (χ3v) is 5.97. The predicted molar refractivity (Wildman–Crippen MR) is 108 cm³/mol. The summed E-state index contributed by atoms with van der Waals surface area (Å²) in [5.41, 5.74) is 2.02. The third-order valence-electron chi connectivity index (χ3n) is 4.80. The molecule has 0 saturated carbocycles. The van der Waals surface area contributed by atoms with Crippen LogP contribution < -0.4 is 5.32 Å². The van der Waals surface area contributed by atoms with Crippen LogP contribution in [0.5, 0.6) is 5.75 Å². The number of hydrogen-bond acceptors (Lipinski definition) is 7. The quantitative estimate of drug-likeness (QED) is 0.701. The number of carbonyl (C=O) groups is 3. The van der Waals surface area contributed by atoms with Gasteiger partial charge in [0, 0.05) is 4.88 Å². The number of phenols is 1. The second-order valence-corrected chi connectivity index (χ2v) is 8.20. The molecule has 0 saturated heterocycles. The smallest absolute Gasteiger partial charge is 0.341 e. The molecule has 1 aromatic heterocycles. The molecule has 1 aliphatic carbocycles. The number of esters is 2. The summed E-state index contributed by atoms with van der Waals surface area (Å²) in [6.45, 7) is 1.71. The highest BCUT2D eigenvalue weighted by molar-refractivity contribution is 7.17. The van der Waals surface area contributed by atoms with E-state index in [1.807, 2.05) is 0 Å². The number of nitrogens with one attached hydrogen (secondary N) is 1. The Morgan fingerprint density at radius 1 is 1.24 bits per heavy atom. The van der Waals surface area contributed by atoms with Gasteiger partial charge in [-0.1, -0.05) is 19.1 Å². The number of methoxy groups -OCH3 is 1. The maximum atomic E-state index is 12.3. The third kappa shape index (κ3) is 5.14. The molecule has 0 aliphatic heterocycles. The van der Waals surface area contributed by atoms with Gasteiger partial charge in [0.2, 0.25) is 0 Å². The van der Waals surface area contributed by atoms with Crippen LogP contribution in [0.2, 0.25) is 0 Å². The lowest BCUT2D eigenvalue weighted by molar-refractivity contribution is -0.146. The predicted octanol–water partition coefficient (Wildman–Crippen LogP) is 3.09. The van der Waals surface area contributed by atoms with Gasteiger partial charge in [0.1, 0.15) is 10.8 Å². The molecule has 1 amide bonds. The number of hydrogen-bond donors (Lipinski definition) is 2. The Labute approximate surface area is 172 Å². The minimum absolute atomic E-state index is 0.00778. The fraction of sp³-hybridized carbons (Fsp3) is 0.381. The van der Waals surface area contributed by atoms with Crippen molar-refractivity contribution in [3.05, 3.63) is 45.8 Å². The van der Waals surface area contributed by atoms with Crippen LogP contribution in [0.15, 0.2) is 24.3 Å². The molecule has 0 fully saturated rings. The lowest BCUT2D eigenvalue weighted by Crippen LogP contribution is -2.22. The van der Waals surface area contributed by atoms with Crippen LogP contribution in [0.4, 0.5) is 5.00 Å². The molecule has 2 aromatic rings. The normalized spacial score (nSPS) is 15.3. The van der Waals surface area contributed by atoms with Crippen molar-refractivity contribution in [1.29, 1.82) is 0 Å². The van der Waals surface area contributed by atoms with Crippen LogP contribution in [0, 0.1) is 5.92 Å². The molecule has 0 spiro atoms. The number of fused-ring (bicyclic) bond motifs is 1. The number of anilines is 1. The van der Waals surface area contributed by atoms with E-state index >= 15 is 0 Å². The number of amides is 1. The first kappa shape index (κ1) is 20.9. The molecule has 2 N–H and O–H groups in total. The maximum Gasteiger partial charge on any atom is 0.341 e.